The first kappa shape index (κ1) is 10.6. The standard InChI is InChI=1S/C13H10N2S2/c1-9-4-2-6-11-12(9)15-13(17-11)14-8-10-5-3-7-16-10/h2-8H,1H3. The molecule has 1 aromatic carbocycles. The zero-order valence-electron chi connectivity index (χ0n) is 9.25. The molecule has 4 heteroatoms. The molecule has 0 N–H and O–H groups in total. The summed E-state index contributed by atoms with van der Waals surface area (Å²) in [4.78, 5) is 10.1. The fourth-order valence-corrected chi connectivity index (χ4v) is 3.09. The van der Waals surface area contributed by atoms with E-state index in [1.807, 2.05) is 23.7 Å². The van der Waals surface area contributed by atoms with Crippen LogP contribution in [0, 0.1) is 6.92 Å². The van der Waals surface area contributed by atoms with E-state index in [-0.39, 0.29) is 0 Å². The van der Waals surface area contributed by atoms with Gasteiger partial charge < -0.3 is 0 Å². The highest BCUT2D eigenvalue weighted by Gasteiger charge is 2.03. The van der Waals surface area contributed by atoms with Gasteiger partial charge in [0.05, 0.1) is 10.2 Å². The van der Waals surface area contributed by atoms with Gasteiger partial charge in [0.15, 0.2) is 0 Å². The Balaban J connectivity index is 1.99. The largest absolute Gasteiger partial charge is 0.226 e. The van der Waals surface area contributed by atoms with Crippen molar-refractivity contribution >= 4 is 44.2 Å². The monoisotopic (exact) mass is 258 g/mol. The van der Waals surface area contributed by atoms with Crippen LogP contribution < -0.4 is 0 Å². The van der Waals surface area contributed by atoms with E-state index >= 15 is 0 Å². The molecule has 2 nitrogen and oxygen atoms in total. The molecule has 0 spiro atoms. The van der Waals surface area contributed by atoms with Crippen molar-refractivity contribution in [1.82, 2.24) is 4.98 Å². The number of aromatic nitrogens is 1. The number of hydrogen-bond acceptors (Lipinski definition) is 4. The van der Waals surface area contributed by atoms with E-state index in [2.05, 4.69) is 35.1 Å². The van der Waals surface area contributed by atoms with Crippen LogP contribution in [0.3, 0.4) is 0 Å². The number of nitrogens with zero attached hydrogens (tertiary/aromatic N) is 2. The fourth-order valence-electron chi connectivity index (χ4n) is 1.61. The summed E-state index contributed by atoms with van der Waals surface area (Å²) in [5.41, 5.74) is 2.27. The van der Waals surface area contributed by atoms with Crippen LogP contribution in [0.1, 0.15) is 10.4 Å². The van der Waals surface area contributed by atoms with Gasteiger partial charge in [0.2, 0.25) is 5.13 Å². The van der Waals surface area contributed by atoms with E-state index in [9.17, 15) is 0 Å². The highest BCUT2D eigenvalue weighted by Crippen LogP contribution is 2.29. The maximum Gasteiger partial charge on any atom is 0.210 e. The van der Waals surface area contributed by atoms with Gasteiger partial charge in [-0.2, -0.15) is 0 Å². The zero-order valence-corrected chi connectivity index (χ0v) is 10.9. The van der Waals surface area contributed by atoms with Gasteiger partial charge in [-0.3, -0.25) is 0 Å². The summed E-state index contributed by atoms with van der Waals surface area (Å²) in [5.74, 6) is 0. The molecular formula is C13H10N2S2. The Hall–Kier alpha value is -1.52. The van der Waals surface area contributed by atoms with Crippen LogP contribution in [0.2, 0.25) is 0 Å². The van der Waals surface area contributed by atoms with E-state index < -0.39 is 0 Å². The molecule has 0 unspecified atom stereocenters. The molecule has 0 bridgehead atoms. The molecule has 0 saturated heterocycles. The third kappa shape index (κ3) is 2.14. The molecular weight excluding hydrogens is 248 g/mol. The Bertz CT molecular complexity index is 666. The highest BCUT2D eigenvalue weighted by molar-refractivity contribution is 7.22. The number of fused-ring (bicyclic) bond motifs is 1. The zero-order chi connectivity index (χ0) is 11.7. The molecule has 3 aromatic rings. The Kier molecular flexibility index (Phi) is 2.74. The van der Waals surface area contributed by atoms with Crippen molar-refractivity contribution in [2.45, 2.75) is 6.92 Å². The van der Waals surface area contributed by atoms with Crippen molar-refractivity contribution in [2.75, 3.05) is 0 Å². The SMILES string of the molecule is Cc1cccc2sc(N=Cc3cccs3)nc12. The van der Waals surface area contributed by atoms with Crippen LogP contribution in [0.4, 0.5) is 5.13 Å². The van der Waals surface area contributed by atoms with Crippen LogP contribution in [-0.4, -0.2) is 11.2 Å². The van der Waals surface area contributed by atoms with E-state index in [1.165, 1.54) is 10.3 Å². The summed E-state index contributed by atoms with van der Waals surface area (Å²) in [5, 5.41) is 2.87. The van der Waals surface area contributed by atoms with Gasteiger partial charge >= 0.3 is 0 Å². The molecule has 84 valence electrons. The van der Waals surface area contributed by atoms with Crippen molar-refractivity contribution in [1.29, 1.82) is 0 Å². The second-order valence-electron chi connectivity index (χ2n) is 3.69. The van der Waals surface area contributed by atoms with E-state index in [1.54, 1.807) is 22.7 Å². The van der Waals surface area contributed by atoms with E-state index in [0.717, 1.165) is 15.5 Å². The van der Waals surface area contributed by atoms with Crippen molar-refractivity contribution in [3.05, 3.63) is 46.2 Å². The normalized spacial score (nSPS) is 11.6. The van der Waals surface area contributed by atoms with Gasteiger partial charge in [0.25, 0.3) is 0 Å². The Labute approximate surface area is 107 Å². The van der Waals surface area contributed by atoms with Crippen LogP contribution in [0.15, 0.2) is 40.7 Å². The number of aryl methyl sites for hydroxylation is 1. The third-order valence-electron chi connectivity index (χ3n) is 2.45. The second-order valence-corrected chi connectivity index (χ2v) is 5.68. The minimum Gasteiger partial charge on any atom is -0.226 e. The first-order valence-electron chi connectivity index (χ1n) is 5.27. The molecule has 0 radical (unpaired) electrons. The van der Waals surface area contributed by atoms with Crippen molar-refractivity contribution in [2.24, 2.45) is 4.99 Å². The van der Waals surface area contributed by atoms with E-state index in [4.69, 9.17) is 0 Å². The molecule has 0 amide bonds. The maximum atomic E-state index is 4.54. The van der Waals surface area contributed by atoms with Crippen LogP contribution in [0.25, 0.3) is 10.2 Å². The lowest BCUT2D eigenvalue weighted by molar-refractivity contribution is 1.38. The average molecular weight is 258 g/mol. The molecule has 0 aliphatic rings. The minimum absolute atomic E-state index is 0.822. The molecule has 2 aromatic heterocycles. The quantitative estimate of drug-likeness (QED) is 0.625. The average Bonchev–Trinajstić information content (AvgIpc) is 2.95. The summed E-state index contributed by atoms with van der Waals surface area (Å²) < 4.78 is 1.20. The van der Waals surface area contributed by atoms with Gasteiger partial charge in [-0.1, -0.05) is 29.5 Å². The number of aliphatic imine (C=N–C) groups is 1. The first-order valence-corrected chi connectivity index (χ1v) is 6.96. The Morgan fingerprint density at radius 2 is 2.18 bits per heavy atom. The van der Waals surface area contributed by atoms with Crippen molar-refractivity contribution < 1.29 is 0 Å². The molecule has 2 heterocycles. The summed E-state index contributed by atoms with van der Waals surface area (Å²) in [7, 11) is 0. The smallest absolute Gasteiger partial charge is 0.210 e. The molecule has 17 heavy (non-hydrogen) atoms. The lowest BCUT2D eigenvalue weighted by Crippen LogP contribution is -1.74. The minimum atomic E-state index is 0.822. The number of thiophene rings is 1. The Morgan fingerprint density at radius 1 is 1.24 bits per heavy atom. The third-order valence-corrected chi connectivity index (χ3v) is 4.19. The highest BCUT2D eigenvalue weighted by atomic mass is 32.1. The van der Waals surface area contributed by atoms with E-state index in [0.29, 0.717) is 0 Å². The predicted octanol–water partition coefficient (Wildman–Crippen LogP) is 4.42. The summed E-state index contributed by atoms with van der Waals surface area (Å²) in [6.45, 7) is 2.08. The molecule has 0 atom stereocenters. The fraction of sp³-hybridized carbons (Fsp3) is 0.0769. The van der Waals surface area contributed by atoms with Gasteiger partial charge in [-0.05, 0) is 30.0 Å². The molecule has 3 rings (SSSR count). The van der Waals surface area contributed by atoms with Crippen molar-refractivity contribution in [3.63, 3.8) is 0 Å². The number of hydrogen-bond donors (Lipinski definition) is 0. The molecule has 0 aliphatic carbocycles. The number of benzene rings is 1. The molecule has 0 saturated carbocycles. The Morgan fingerprint density at radius 3 is 2.94 bits per heavy atom. The summed E-state index contributed by atoms with van der Waals surface area (Å²) >= 11 is 3.31. The van der Waals surface area contributed by atoms with Gasteiger partial charge in [-0.25, -0.2) is 9.98 Å². The number of rotatable bonds is 2. The van der Waals surface area contributed by atoms with Gasteiger partial charge in [0.1, 0.15) is 0 Å². The predicted molar refractivity (Wildman–Crippen MR) is 75.9 cm³/mol. The summed E-state index contributed by atoms with van der Waals surface area (Å²) in [6.07, 6.45) is 1.87. The van der Waals surface area contributed by atoms with Crippen LogP contribution >= 0.6 is 22.7 Å². The maximum absolute atomic E-state index is 4.54. The molecule has 0 fully saturated rings. The van der Waals surface area contributed by atoms with Gasteiger partial charge in [0, 0.05) is 11.1 Å². The topological polar surface area (TPSA) is 25.2 Å². The molecule has 0 aliphatic heterocycles. The van der Waals surface area contributed by atoms with Crippen molar-refractivity contribution in [3.8, 4) is 0 Å². The van der Waals surface area contributed by atoms with Gasteiger partial charge in [-0.15, -0.1) is 11.3 Å². The van der Waals surface area contributed by atoms with Crippen LogP contribution in [0.5, 0.6) is 0 Å². The van der Waals surface area contributed by atoms with Crippen LogP contribution in [-0.2, 0) is 0 Å². The lowest BCUT2D eigenvalue weighted by atomic mass is 10.2. The number of para-hydroxylation sites is 1. The summed E-state index contributed by atoms with van der Waals surface area (Å²) in [6, 6.07) is 10.3. The second kappa shape index (κ2) is 4.39. The number of thiazole rings is 1. The first-order chi connectivity index (χ1) is 8.33. The lowest BCUT2D eigenvalue weighted by Gasteiger charge is -1.90.